The van der Waals surface area contributed by atoms with Crippen LogP contribution in [0.5, 0.6) is 5.75 Å². The van der Waals surface area contributed by atoms with Gasteiger partial charge in [-0.05, 0) is 60.0 Å². The zero-order chi connectivity index (χ0) is 23.1. The number of hydrogen-bond acceptors (Lipinski definition) is 4. The van der Waals surface area contributed by atoms with Gasteiger partial charge in [0.2, 0.25) is 5.91 Å². The van der Waals surface area contributed by atoms with Gasteiger partial charge in [-0.25, -0.2) is 4.79 Å². The van der Waals surface area contributed by atoms with Crippen LogP contribution in [-0.2, 0) is 11.2 Å². The molecule has 0 saturated heterocycles. The van der Waals surface area contributed by atoms with Crippen LogP contribution < -0.4 is 10.1 Å². The third-order valence-corrected chi connectivity index (χ3v) is 6.61. The molecule has 8 heteroatoms. The van der Waals surface area contributed by atoms with Crippen molar-refractivity contribution in [2.45, 2.75) is 39.7 Å². The van der Waals surface area contributed by atoms with E-state index < -0.39 is 0 Å². The van der Waals surface area contributed by atoms with Crippen molar-refractivity contribution in [2.75, 3.05) is 32.8 Å². The van der Waals surface area contributed by atoms with Gasteiger partial charge in [0.15, 0.2) is 0 Å². The van der Waals surface area contributed by atoms with Gasteiger partial charge in [-0.2, -0.15) is 0 Å². The Hall–Kier alpha value is -2.25. The summed E-state index contributed by atoms with van der Waals surface area (Å²) < 4.78 is 6.04. The molecule has 1 aromatic carbocycles. The van der Waals surface area contributed by atoms with E-state index in [1.807, 2.05) is 37.8 Å². The Morgan fingerprint density at radius 3 is 2.72 bits per heavy atom. The second-order valence-electron chi connectivity index (χ2n) is 8.42. The summed E-state index contributed by atoms with van der Waals surface area (Å²) in [5, 5.41) is 5.62. The number of carbonyl (C=O) groups excluding carboxylic acids is 2. The number of nitrogens with zero attached hydrogens (tertiary/aromatic N) is 2. The zero-order valence-electron chi connectivity index (χ0n) is 19.0. The maximum Gasteiger partial charge on any atom is 0.317 e. The summed E-state index contributed by atoms with van der Waals surface area (Å²) in [4.78, 5) is 30.8. The van der Waals surface area contributed by atoms with E-state index in [1.54, 1.807) is 28.4 Å². The van der Waals surface area contributed by atoms with Crippen LogP contribution >= 0.6 is 22.9 Å². The van der Waals surface area contributed by atoms with Crippen LogP contribution in [-0.4, -0.2) is 54.5 Å². The summed E-state index contributed by atoms with van der Waals surface area (Å²) >= 11 is 7.69. The molecule has 3 rings (SSSR count). The molecule has 3 amide bonds. The Kier molecular flexibility index (Phi) is 8.82. The van der Waals surface area contributed by atoms with Crippen LogP contribution in [0.4, 0.5) is 4.79 Å². The maximum absolute atomic E-state index is 13.4. The molecule has 1 N–H and O–H groups in total. The molecule has 0 saturated carbocycles. The van der Waals surface area contributed by atoms with Crippen molar-refractivity contribution in [3.05, 3.63) is 51.2 Å². The highest BCUT2D eigenvalue weighted by atomic mass is 35.5. The Labute approximate surface area is 199 Å². The van der Waals surface area contributed by atoms with Gasteiger partial charge in [-0.3, -0.25) is 4.79 Å². The van der Waals surface area contributed by atoms with Gasteiger partial charge in [-0.1, -0.05) is 32.4 Å². The minimum absolute atomic E-state index is 0.0566. The highest BCUT2D eigenvalue weighted by Crippen LogP contribution is 2.34. The molecule has 174 valence electrons. The van der Waals surface area contributed by atoms with Crippen LogP contribution in [0, 0.1) is 5.92 Å². The first-order valence-corrected chi connectivity index (χ1v) is 12.4. The summed E-state index contributed by atoms with van der Waals surface area (Å²) in [6.07, 6.45) is 1.68. The van der Waals surface area contributed by atoms with E-state index in [0.29, 0.717) is 37.0 Å². The van der Waals surface area contributed by atoms with E-state index in [-0.39, 0.29) is 30.4 Å². The Morgan fingerprint density at radius 1 is 1.28 bits per heavy atom. The second kappa shape index (κ2) is 11.6. The molecule has 0 aliphatic carbocycles. The van der Waals surface area contributed by atoms with Crippen molar-refractivity contribution >= 4 is 34.9 Å². The molecule has 0 bridgehead atoms. The van der Waals surface area contributed by atoms with Gasteiger partial charge < -0.3 is 19.9 Å². The summed E-state index contributed by atoms with van der Waals surface area (Å²) in [7, 11) is 0. The molecule has 1 aliphatic rings. The number of rotatable bonds is 9. The van der Waals surface area contributed by atoms with Crippen molar-refractivity contribution in [1.82, 2.24) is 15.1 Å². The molecule has 1 aromatic heterocycles. The molecule has 0 unspecified atom stereocenters. The standard InChI is InChI=1S/C24H32ClN3O3S/c1-4-11-26-24(30)27(14-17(2)3)15-23(29)28-12-9-22-20(10-13-32-22)21(28)16-31-19-7-5-18(25)6-8-19/h5-8,10,13,17,21H,4,9,11-12,14-16H2,1-3H3,(H,26,30)/t21-/m0/s1. The van der Waals surface area contributed by atoms with Gasteiger partial charge >= 0.3 is 6.03 Å². The number of nitrogens with one attached hydrogen (secondary N) is 1. The number of ether oxygens (including phenoxy) is 1. The molecule has 2 aromatic rings. The van der Waals surface area contributed by atoms with Crippen LogP contribution in [0.15, 0.2) is 35.7 Å². The fraction of sp³-hybridized carbons (Fsp3) is 0.500. The van der Waals surface area contributed by atoms with E-state index in [9.17, 15) is 9.59 Å². The number of amides is 3. The largest absolute Gasteiger partial charge is 0.491 e. The van der Waals surface area contributed by atoms with Gasteiger partial charge in [0.1, 0.15) is 18.9 Å². The van der Waals surface area contributed by atoms with Crippen molar-refractivity contribution < 1.29 is 14.3 Å². The lowest BCUT2D eigenvalue weighted by atomic mass is 10.0. The lowest BCUT2D eigenvalue weighted by molar-refractivity contribution is -0.135. The van der Waals surface area contributed by atoms with E-state index in [0.717, 1.165) is 18.4 Å². The van der Waals surface area contributed by atoms with Gasteiger partial charge in [0.05, 0.1) is 6.04 Å². The fourth-order valence-electron chi connectivity index (χ4n) is 3.84. The van der Waals surface area contributed by atoms with Crippen LogP contribution in [0.25, 0.3) is 0 Å². The molecule has 32 heavy (non-hydrogen) atoms. The Bertz CT molecular complexity index is 900. The predicted molar refractivity (Wildman–Crippen MR) is 130 cm³/mol. The molecular formula is C24H32ClN3O3S. The second-order valence-corrected chi connectivity index (χ2v) is 9.86. The number of carbonyl (C=O) groups is 2. The minimum Gasteiger partial charge on any atom is -0.491 e. The predicted octanol–water partition coefficient (Wildman–Crippen LogP) is 4.98. The molecule has 1 aliphatic heterocycles. The first-order chi connectivity index (χ1) is 15.4. The summed E-state index contributed by atoms with van der Waals surface area (Å²) in [5.74, 6) is 0.924. The lowest BCUT2D eigenvalue weighted by Crippen LogP contribution is -2.50. The van der Waals surface area contributed by atoms with Crippen LogP contribution in [0.3, 0.4) is 0 Å². The molecule has 0 radical (unpaired) electrons. The third-order valence-electron chi connectivity index (χ3n) is 5.36. The number of benzene rings is 1. The summed E-state index contributed by atoms with van der Waals surface area (Å²) in [5.41, 5.74) is 1.13. The Morgan fingerprint density at radius 2 is 2.03 bits per heavy atom. The molecule has 0 spiro atoms. The topological polar surface area (TPSA) is 61.9 Å². The van der Waals surface area contributed by atoms with Gasteiger partial charge in [0.25, 0.3) is 0 Å². The van der Waals surface area contributed by atoms with Crippen LogP contribution in [0.2, 0.25) is 5.02 Å². The average molecular weight is 478 g/mol. The van der Waals surface area contributed by atoms with E-state index >= 15 is 0 Å². The smallest absolute Gasteiger partial charge is 0.317 e. The number of halogens is 1. The molecule has 2 heterocycles. The number of hydrogen-bond donors (Lipinski definition) is 1. The van der Waals surface area contributed by atoms with Crippen molar-refractivity contribution in [3.63, 3.8) is 0 Å². The van der Waals surface area contributed by atoms with E-state index in [4.69, 9.17) is 16.3 Å². The highest BCUT2D eigenvalue weighted by molar-refractivity contribution is 7.10. The van der Waals surface area contributed by atoms with Crippen molar-refractivity contribution in [3.8, 4) is 5.75 Å². The number of thiophene rings is 1. The molecule has 6 nitrogen and oxygen atoms in total. The lowest BCUT2D eigenvalue weighted by Gasteiger charge is -2.37. The van der Waals surface area contributed by atoms with Gasteiger partial charge in [0, 0.05) is 29.5 Å². The monoisotopic (exact) mass is 477 g/mol. The zero-order valence-corrected chi connectivity index (χ0v) is 20.5. The van der Waals surface area contributed by atoms with Gasteiger partial charge in [-0.15, -0.1) is 11.3 Å². The molecule has 1 atom stereocenters. The van der Waals surface area contributed by atoms with E-state index in [2.05, 4.69) is 16.8 Å². The number of fused-ring (bicyclic) bond motifs is 1. The van der Waals surface area contributed by atoms with Crippen molar-refractivity contribution in [2.24, 2.45) is 5.92 Å². The maximum atomic E-state index is 13.4. The highest BCUT2D eigenvalue weighted by Gasteiger charge is 2.33. The first kappa shape index (κ1) is 24.4. The third kappa shape index (κ3) is 6.39. The van der Waals surface area contributed by atoms with Crippen molar-refractivity contribution in [1.29, 1.82) is 0 Å². The fourth-order valence-corrected chi connectivity index (χ4v) is 4.89. The van der Waals surface area contributed by atoms with E-state index in [1.165, 1.54) is 4.88 Å². The number of urea groups is 1. The summed E-state index contributed by atoms with van der Waals surface area (Å²) in [6.45, 7) is 8.26. The van der Waals surface area contributed by atoms with Crippen LogP contribution in [0.1, 0.15) is 43.7 Å². The normalized spacial score (nSPS) is 15.4. The average Bonchev–Trinajstić information content (AvgIpc) is 3.25. The summed E-state index contributed by atoms with van der Waals surface area (Å²) in [6, 6.07) is 8.94. The SMILES string of the molecule is CCCNC(=O)N(CC(=O)N1CCc2sccc2[C@@H]1COc1ccc(Cl)cc1)CC(C)C. The first-order valence-electron chi connectivity index (χ1n) is 11.2. The molecular weight excluding hydrogens is 446 g/mol. The molecule has 0 fully saturated rings. The minimum atomic E-state index is -0.187. The Balaban J connectivity index is 1.74. The quantitative estimate of drug-likeness (QED) is 0.553.